The highest BCUT2D eigenvalue weighted by Gasteiger charge is 2.25. The third-order valence-corrected chi connectivity index (χ3v) is 4.98. The van der Waals surface area contributed by atoms with Gasteiger partial charge in [-0.05, 0) is 44.7 Å². The second-order valence-electron chi connectivity index (χ2n) is 6.49. The Morgan fingerprint density at radius 2 is 2.00 bits per heavy atom. The maximum atomic E-state index is 4.67. The molecule has 0 atom stereocenters. The quantitative estimate of drug-likeness (QED) is 0.792. The molecule has 1 aromatic heterocycles. The van der Waals surface area contributed by atoms with E-state index < -0.39 is 0 Å². The van der Waals surface area contributed by atoms with Crippen LogP contribution in [0.3, 0.4) is 0 Å². The van der Waals surface area contributed by atoms with Crippen molar-refractivity contribution in [3.8, 4) is 11.8 Å². The highest BCUT2D eigenvalue weighted by atomic mass is 15.1. The van der Waals surface area contributed by atoms with E-state index in [0.29, 0.717) is 5.92 Å². The molecule has 1 saturated carbocycles. The predicted octanol–water partition coefficient (Wildman–Crippen LogP) is 3.28. The first-order valence-electron chi connectivity index (χ1n) is 8.56. The molecule has 2 heterocycles. The number of hydrogen-bond acceptors (Lipinski definition) is 2. The number of aromatic nitrogens is 2. The summed E-state index contributed by atoms with van der Waals surface area (Å²) < 4.78 is 2.43. The molecule has 1 aliphatic heterocycles. The lowest BCUT2D eigenvalue weighted by Crippen LogP contribution is -2.34. The summed E-state index contributed by atoms with van der Waals surface area (Å²) in [6, 6.07) is 0. The van der Waals surface area contributed by atoms with Crippen molar-refractivity contribution < 1.29 is 0 Å². The van der Waals surface area contributed by atoms with E-state index in [4.69, 9.17) is 0 Å². The van der Waals surface area contributed by atoms with Crippen LogP contribution in [0.15, 0.2) is 12.4 Å². The topological polar surface area (TPSA) is 21.1 Å². The Balaban J connectivity index is 1.53. The molecule has 21 heavy (non-hydrogen) atoms. The molecule has 0 N–H and O–H groups in total. The Labute approximate surface area is 128 Å². The third-order valence-electron chi connectivity index (χ3n) is 4.98. The van der Waals surface area contributed by atoms with Crippen LogP contribution in [0, 0.1) is 17.8 Å². The summed E-state index contributed by atoms with van der Waals surface area (Å²) in [5.41, 5.74) is 0. The molecule has 2 aliphatic rings. The van der Waals surface area contributed by atoms with Crippen LogP contribution in [-0.4, -0.2) is 34.1 Å². The lowest BCUT2D eigenvalue weighted by molar-refractivity contribution is 0.224. The van der Waals surface area contributed by atoms with Gasteiger partial charge < -0.3 is 4.57 Å². The third kappa shape index (κ3) is 3.68. The van der Waals surface area contributed by atoms with Gasteiger partial charge in [-0.3, -0.25) is 4.90 Å². The second kappa shape index (κ2) is 7.13. The summed E-state index contributed by atoms with van der Waals surface area (Å²) in [4.78, 5) is 7.15. The Morgan fingerprint density at radius 1 is 1.19 bits per heavy atom. The Bertz CT molecular complexity index is 496. The molecule has 3 heteroatoms. The average molecular weight is 285 g/mol. The van der Waals surface area contributed by atoms with Crippen LogP contribution < -0.4 is 0 Å². The summed E-state index contributed by atoms with van der Waals surface area (Å²) in [5, 5.41) is 0. The van der Waals surface area contributed by atoms with Gasteiger partial charge in [-0.1, -0.05) is 19.3 Å². The van der Waals surface area contributed by atoms with Crippen LogP contribution in [0.2, 0.25) is 0 Å². The number of nitrogens with zero attached hydrogens (tertiary/aromatic N) is 3. The van der Waals surface area contributed by atoms with Gasteiger partial charge in [0.2, 0.25) is 0 Å². The number of rotatable bonds is 4. The van der Waals surface area contributed by atoms with Crippen LogP contribution in [0.4, 0.5) is 0 Å². The van der Waals surface area contributed by atoms with Gasteiger partial charge in [-0.15, -0.1) is 5.92 Å². The van der Waals surface area contributed by atoms with Crippen molar-refractivity contribution in [3.63, 3.8) is 0 Å². The SMILES string of the molecule is CCC#CCN1CCC(c2nccn2CC2CCC2)CC1. The van der Waals surface area contributed by atoms with Gasteiger partial charge >= 0.3 is 0 Å². The summed E-state index contributed by atoms with van der Waals surface area (Å²) in [6.07, 6.45) is 11.9. The van der Waals surface area contributed by atoms with Crippen LogP contribution >= 0.6 is 0 Å². The van der Waals surface area contributed by atoms with Crippen molar-refractivity contribution in [3.05, 3.63) is 18.2 Å². The van der Waals surface area contributed by atoms with Gasteiger partial charge in [0, 0.05) is 31.3 Å². The molecule has 0 bridgehead atoms. The molecule has 114 valence electrons. The first-order chi connectivity index (χ1) is 10.4. The van der Waals surface area contributed by atoms with Gasteiger partial charge in [0.25, 0.3) is 0 Å². The molecule has 1 aliphatic carbocycles. The normalized spacial score (nSPS) is 20.8. The van der Waals surface area contributed by atoms with E-state index in [1.54, 1.807) is 0 Å². The van der Waals surface area contributed by atoms with Crippen LogP contribution in [0.1, 0.15) is 57.2 Å². The fraction of sp³-hybridized carbons (Fsp3) is 0.722. The molecule has 1 aromatic rings. The maximum absolute atomic E-state index is 4.67. The molecule has 1 saturated heterocycles. The Morgan fingerprint density at radius 3 is 2.67 bits per heavy atom. The number of piperidine rings is 1. The molecule has 0 spiro atoms. The fourth-order valence-electron chi connectivity index (χ4n) is 3.43. The predicted molar refractivity (Wildman–Crippen MR) is 86.1 cm³/mol. The summed E-state index contributed by atoms with van der Waals surface area (Å²) in [5.74, 6) is 9.32. The van der Waals surface area contributed by atoms with E-state index >= 15 is 0 Å². The Hall–Kier alpha value is -1.27. The van der Waals surface area contributed by atoms with Crippen LogP contribution in [0.25, 0.3) is 0 Å². The average Bonchev–Trinajstić information content (AvgIpc) is 2.92. The largest absolute Gasteiger partial charge is 0.334 e. The van der Waals surface area contributed by atoms with Gasteiger partial charge in [-0.25, -0.2) is 4.98 Å². The van der Waals surface area contributed by atoms with Crippen molar-refractivity contribution in [2.45, 2.75) is 57.9 Å². The first-order valence-corrected chi connectivity index (χ1v) is 8.56. The number of likely N-dealkylation sites (tertiary alicyclic amines) is 1. The van der Waals surface area contributed by atoms with E-state index in [1.807, 2.05) is 6.20 Å². The molecular formula is C18H27N3. The highest BCUT2D eigenvalue weighted by molar-refractivity contribution is 5.05. The van der Waals surface area contributed by atoms with Crippen LogP contribution in [0.5, 0.6) is 0 Å². The second-order valence-corrected chi connectivity index (χ2v) is 6.49. The van der Waals surface area contributed by atoms with Gasteiger partial charge in [0.05, 0.1) is 6.54 Å². The van der Waals surface area contributed by atoms with E-state index in [1.165, 1.54) is 57.6 Å². The standard InChI is InChI=1S/C18H27N3/c1-2-3-4-11-20-12-8-17(9-13-20)18-19-10-14-21(18)15-16-6-5-7-16/h10,14,16-17H,2,5-9,11-13,15H2,1H3. The van der Waals surface area contributed by atoms with E-state index in [2.05, 4.69) is 39.4 Å². The zero-order chi connectivity index (χ0) is 14.5. The molecule has 0 aromatic carbocycles. The maximum Gasteiger partial charge on any atom is 0.111 e. The van der Waals surface area contributed by atoms with Crippen molar-refractivity contribution >= 4 is 0 Å². The summed E-state index contributed by atoms with van der Waals surface area (Å²) in [7, 11) is 0. The monoisotopic (exact) mass is 285 g/mol. The lowest BCUT2D eigenvalue weighted by Gasteiger charge is -2.32. The molecule has 3 nitrogen and oxygen atoms in total. The van der Waals surface area contributed by atoms with Gasteiger partial charge in [0.15, 0.2) is 0 Å². The molecule has 0 radical (unpaired) electrons. The lowest BCUT2D eigenvalue weighted by atomic mass is 9.85. The minimum absolute atomic E-state index is 0.649. The van der Waals surface area contributed by atoms with Crippen LogP contribution in [-0.2, 0) is 6.54 Å². The fourth-order valence-corrected chi connectivity index (χ4v) is 3.43. The van der Waals surface area contributed by atoms with Crippen molar-refractivity contribution in [1.82, 2.24) is 14.5 Å². The minimum Gasteiger partial charge on any atom is -0.334 e. The highest BCUT2D eigenvalue weighted by Crippen LogP contribution is 2.31. The van der Waals surface area contributed by atoms with Gasteiger partial charge in [-0.2, -0.15) is 0 Å². The zero-order valence-corrected chi connectivity index (χ0v) is 13.2. The minimum atomic E-state index is 0.649. The summed E-state index contributed by atoms with van der Waals surface area (Å²) in [6.45, 7) is 6.58. The van der Waals surface area contributed by atoms with Gasteiger partial charge in [0.1, 0.15) is 5.82 Å². The number of imidazole rings is 1. The number of hydrogen-bond donors (Lipinski definition) is 0. The smallest absolute Gasteiger partial charge is 0.111 e. The van der Waals surface area contributed by atoms with Crippen molar-refractivity contribution in [2.75, 3.05) is 19.6 Å². The van der Waals surface area contributed by atoms with Crippen molar-refractivity contribution in [2.24, 2.45) is 5.92 Å². The molecular weight excluding hydrogens is 258 g/mol. The first kappa shape index (κ1) is 14.7. The van der Waals surface area contributed by atoms with E-state index in [9.17, 15) is 0 Å². The molecule has 2 fully saturated rings. The Kier molecular flexibility index (Phi) is 4.98. The van der Waals surface area contributed by atoms with E-state index in [0.717, 1.165) is 18.9 Å². The molecule has 0 unspecified atom stereocenters. The van der Waals surface area contributed by atoms with Crippen molar-refractivity contribution in [1.29, 1.82) is 0 Å². The summed E-state index contributed by atoms with van der Waals surface area (Å²) >= 11 is 0. The molecule has 0 amide bonds. The van der Waals surface area contributed by atoms with E-state index in [-0.39, 0.29) is 0 Å². The zero-order valence-electron chi connectivity index (χ0n) is 13.2. The molecule has 3 rings (SSSR count).